The zero-order valence-corrected chi connectivity index (χ0v) is 23.0. The van der Waals surface area contributed by atoms with Crippen molar-refractivity contribution in [1.29, 1.82) is 0 Å². The van der Waals surface area contributed by atoms with E-state index in [2.05, 4.69) is 17.6 Å². The van der Waals surface area contributed by atoms with Crippen molar-refractivity contribution in [2.24, 2.45) is 0 Å². The number of hydrogen-bond donors (Lipinski definition) is 2. The van der Waals surface area contributed by atoms with Crippen molar-refractivity contribution in [1.82, 2.24) is 0 Å². The summed E-state index contributed by atoms with van der Waals surface area (Å²) in [4.78, 5) is 14.0. The highest BCUT2D eigenvalue weighted by molar-refractivity contribution is 6.01. The van der Waals surface area contributed by atoms with Crippen molar-refractivity contribution in [2.45, 2.75) is 45.1 Å². The Labute approximate surface area is 230 Å². The largest absolute Gasteiger partial charge is 0.493 e. The molecule has 1 heterocycles. The van der Waals surface area contributed by atoms with Crippen LogP contribution in [0.5, 0.6) is 23.0 Å². The average molecular weight is 529 g/mol. The number of ether oxygens (including phenoxy) is 4. The van der Waals surface area contributed by atoms with Crippen molar-refractivity contribution >= 4 is 17.2 Å². The molecule has 5 rings (SSSR count). The molecular weight excluding hydrogens is 492 g/mol. The molecule has 3 aromatic carbocycles. The van der Waals surface area contributed by atoms with Crippen LogP contribution in [0, 0.1) is 0 Å². The van der Waals surface area contributed by atoms with Crippen LogP contribution in [0.1, 0.15) is 56.2 Å². The van der Waals surface area contributed by atoms with Gasteiger partial charge in [0.15, 0.2) is 28.8 Å². The number of ketones is 1. The number of Topliss-reactive ketones (excluding diaryl/α,β-unsaturated/α-hetero) is 1. The van der Waals surface area contributed by atoms with Gasteiger partial charge in [0.2, 0.25) is 0 Å². The van der Waals surface area contributed by atoms with Crippen LogP contribution < -0.4 is 29.6 Å². The second-order valence-electron chi connectivity index (χ2n) is 9.74. The van der Waals surface area contributed by atoms with Gasteiger partial charge in [-0.15, -0.1) is 0 Å². The smallest absolute Gasteiger partial charge is 0.166 e. The van der Waals surface area contributed by atoms with Gasteiger partial charge in [-0.1, -0.05) is 37.3 Å². The Morgan fingerprint density at radius 1 is 0.846 bits per heavy atom. The fraction of sp³-hybridized carbons (Fsp3) is 0.344. The third-order valence-electron chi connectivity index (χ3n) is 7.26. The minimum absolute atomic E-state index is 0.000333. The number of allylic oxidation sites excluding steroid dienone is 1. The Balaban J connectivity index is 1.60. The molecule has 0 radical (unpaired) electrons. The lowest BCUT2D eigenvalue weighted by Crippen LogP contribution is -2.27. The first-order valence-corrected chi connectivity index (χ1v) is 13.6. The third kappa shape index (κ3) is 5.26. The number of carbonyl (C=O) groups is 1. The summed E-state index contributed by atoms with van der Waals surface area (Å²) in [5.41, 5.74) is 5.43. The highest BCUT2D eigenvalue weighted by atomic mass is 16.5. The number of para-hydroxylation sites is 3. The van der Waals surface area contributed by atoms with Crippen LogP contribution in [-0.2, 0) is 4.79 Å². The molecule has 39 heavy (non-hydrogen) atoms. The highest BCUT2D eigenvalue weighted by Gasteiger charge is 2.37. The second-order valence-corrected chi connectivity index (χ2v) is 9.74. The van der Waals surface area contributed by atoms with E-state index in [0.29, 0.717) is 49.1 Å². The summed E-state index contributed by atoms with van der Waals surface area (Å²) in [6.07, 6.45) is 1.93. The molecule has 0 saturated heterocycles. The zero-order chi connectivity index (χ0) is 27.4. The van der Waals surface area contributed by atoms with Gasteiger partial charge in [-0.05, 0) is 61.6 Å². The van der Waals surface area contributed by atoms with Crippen LogP contribution in [0.3, 0.4) is 0 Å². The summed E-state index contributed by atoms with van der Waals surface area (Å²) >= 11 is 0. The van der Waals surface area contributed by atoms with Gasteiger partial charge in [-0.25, -0.2) is 0 Å². The van der Waals surface area contributed by atoms with E-state index in [1.54, 1.807) is 14.2 Å². The van der Waals surface area contributed by atoms with Gasteiger partial charge < -0.3 is 29.6 Å². The molecule has 3 aromatic rings. The molecule has 7 nitrogen and oxygen atoms in total. The first-order chi connectivity index (χ1) is 19.1. The molecule has 0 saturated carbocycles. The predicted molar refractivity (Wildman–Crippen MR) is 153 cm³/mol. The summed E-state index contributed by atoms with van der Waals surface area (Å²) in [6.45, 7) is 5.12. The summed E-state index contributed by atoms with van der Waals surface area (Å²) in [6, 6.07) is 19.5. The van der Waals surface area contributed by atoms with E-state index in [9.17, 15) is 4.79 Å². The SMILES string of the molecule is CCCOc1c(OC)cccc1C1Nc2ccccc2NC2=C1C(=O)CC(c1ccc(OCC)c(OC)c1)C2. The summed E-state index contributed by atoms with van der Waals surface area (Å²) in [5, 5.41) is 7.27. The van der Waals surface area contributed by atoms with E-state index in [1.165, 1.54) is 0 Å². The lowest BCUT2D eigenvalue weighted by atomic mass is 9.78. The second kappa shape index (κ2) is 11.7. The van der Waals surface area contributed by atoms with E-state index in [4.69, 9.17) is 18.9 Å². The molecular formula is C32H36N2O5. The number of methoxy groups -OCH3 is 2. The van der Waals surface area contributed by atoms with Crippen LogP contribution >= 0.6 is 0 Å². The van der Waals surface area contributed by atoms with Gasteiger partial charge in [0.25, 0.3) is 0 Å². The van der Waals surface area contributed by atoms with Crippen molar-refractivity contribution in [3.05, 3.63) is 83.1 Å². The first kappa shape index (κ1) is 26.5. The molecule has 2 N–H and O–H groups in total. The maximum absolute atomic E-state index is 14.0. The molecule has 1 aliphatic carbocycles. The Hall–Kier alpha value is -4.13. The molecule has 0 amide bonds. The molecule has 0 spiro atoms. The van der Waals surface area contributed by atoms with Crippen molar-refractivity contribution < 1.29 is 23.7 Å². The summed E-state index contributed by atoms with van der Waals surface area (Å²) in [5.74, 6) is 2.79. The van der Waals surface area contributed by atoms with Gasteiger partial charge in [-0.2, -0.15) is 0 Å². The Kier molecular flexibility index (Phi) is 7.96. The Morgan fingerprint density at radius 2 is 1.64 bits per heavy atom. The summed E-state index contributed by atoms with van der Waals surface area (Å²) in [7, 11) is 3.28. The molecule has 2 aliphatic rings. The van der Waals surface area contributed by atoms with Gasteiger partial charge in [0.1, 0.15) is 0 Å². The molecule has 2 atom stereocenters. The van der Waals surface area contributed by atoms with E-state index in [0.717, 1.165) is 40.2 Å². The summed E-state index contributed by atoms with van der Waals surface area (Å²) < 4.78 is 23.2. The minimum Gasteiger partial charge on any atom is -0.493 e. The van der Waals surface area contributed by atoms with Crippen molar-refractivity contribution in [3.8, 4) is 23.0 Å². The van der Waals surface area contributed by atoms with Gasteiger partial charge >= 0.3 is 0 Å². The number of nitrogens with one attached hydrogen (secondary N) is 2. The fourth-order valence-corrected chi connectivity index (χ4v) is 5.45. The number of anilines is 2. The molecule has 0 fully saturated rings. The lowest BCUT2D eigenvalue weighted by molar-refractivity contribution is -0.116. The van der Waals surface area contributed by atoms with Crippen LogP contribution in [-0.4, -0.2) is 33.2 Å². The van der Waals surface area contributed by atoms with Gasteiger partial charge in [0.05, 0.1) is 44.8 Å². The number of carbonyl (C=O) groups excluding carboxylic acids is 1. The lowest BCUT2D eigenvalue weighted by Gasteiger charge is -2.31. The van der Waals surface area contributed by atoms with E-state index in [-0.39, 0.29) is 11.7 Å². The van der Waals surface area contributed by atoms with Crippen LogP contribution in [0.4, 0.5) is 11.4 Å². The van der Waals surface area contributed by atoms with Crippen LogP contribution in [0.15, 0.2) is 71.9 Å². The molecule has 204 valence electrons. The van der Waals surface area contributed by atoms with Gasteiger partial charge in [-0.3, -0.25) is 4.79 Å². The number of fused-ring (bicyclic) bond motifs is 1. The minimum atomic E-state index is -0.401. The molecule has 0 bridgehead atoms. The Morgan fingerprint density at radius 3 is 2.38 bits per heavy atom. The predicted octanol–water partition coefficient (Wildman–Crippen LogP) is 6.87. The zero-order valence-electron chi connectivity index (χ0n) is 23.0. The third-order valence-corrected chi connectivity index (χ3v) is 7.26. The maximum Gasteiger partial charge on any atom is 0.166 e. The quantitative estimate of drug-likeness (QED) is 0.314. The molecule has 0 aromatic heterocycles. The topological polar surface area (TPSA) is 78.1 Å². The van der Waals surface area contributed by atoms with Crippen LogP contribution in [0.2, 0.25) is 0 Å². The van der Waals surface area contributed by atoms with E-state index < -0.39 is 6.04 Å². The monoisotopic (exact) mass is 528 g/mol. The van der Waals surface area contributed by atoms with Crippen molar-refractivity contribution in [3.63, 3.8) is 0 Å². The van der Waals surface area contributed by atoms with Gasteiger partial charge in [0, 0.05) is 23.3 Å². The van der Waals surface area contributed by atoms with E-state index in [1.807, 2.05) is 67.6 Å². The molecule has 2 unspecified atom stereocenters. The molecule has 1 aliphatic heterocycles. The number of rotatable bonds is 9. The van der Waals surface area contributed by atoms with E-state index >= 15 is 0 Å². The Bertz CT molecular complexity index is 1380. The maximum atomic E-state index is 14.0. The standard InChI is InChI=1S/C32H36N2O5/c1-5-16-39-32-22(10-9-13-28(32)36-3)31-30-25(33-23-11-7-8-12-24(23)34-31)17-21(18-26(30)35)20-14-15-27(38-6-2)29(19-20)37-4/h7-15,19,21,31,33-34H,5-6,16-18H2,1-4H3. The number of benzene rings is 3. The number of hydrogen-bond acceptors (Lipinski definition) is 7. The molecule has 7 heteroatoms. The average Bonchev–Trinajstić information content (AvgIpc) is 3.13. The van der Waals surface area contributed by atoms with Crippen molar-refractivity contribution in [2.75, 3.05) is 38.1 Å². The first-order valence-electron chi connectivity index (χ1n) is 13.6. The fourth-order valence-electron chi connectivity index (χ4n) is 5.45. The van der Waals surface area contributed by atoms with Crippen LogP contribution in [0.25, 0.3) is 0 Å². The normalized spacial score (nSPS) is 18.2. The highest BCUT2D eigenvalue weighted by Crippen LogP contribution is 2.48.